The number of nitrogens with zero attached hydrogens (tertiary/aromatic N) is 4. The monoisotopic (exact) mass is 808 g/mol. The van der Waals surface area contributed by atoms with Gasteiger partial charge in [-0.15, -0.1) is 11.3 Å². The highest BCUT2D eigenvalue weighted by Gasteiger charge is 2.20. The molecule has 0 amide bonds. The van der Waals surface area contributed by atoms with Gasteiger partial charge in [-0.1, -0.05) is 170 Å². The van der Waals surface area contributed by atoms with Gasteiger partial charge in [0.25, 0.3) is 0 Å². The van der Waals surface area contributed by atoms with E-state index in [0.29, 0.717) is 17.5 Å². The van der Waals surface area contributed by atoms with E-state index in [1.165, 1.54) is 53.1 Å². The molecule has 0 radical (unpaired) electrons. The maximum Gasteiger partial charge on any atom is 0.164 e. The highest BCUT2D eigenvalue weighted by Crippen LogP contribution is 2.44. The number of rotatable bonds is 7. The molecule has 0 saturated carbocycles. The van der Waals surface area contributed by atoms with Crippen LogP contribution in [0.1, 0.15) is 0 Å². The minimum Gasteiger partial charge on any atom is -0.309 e. The average Bonchev–Trinajstić information content (AvgIpc) is 3.90. The van der Waals surface area contributed by atoms with Crippen LogP contribution < -0.4 is 0 Å². The lowest BCUT2D eigenvalue weighted by atomic mass is 9.95. The first-order valence-electron chi connectivity index (χ1n) is 20.8. The number of hydrogen-bond acceptors (Lipinski definition) is 4. The SMILES string of the molecule is c1ccc(-c2ccc(-c3nc(-c4ccc(-c5ccccc5)cc4)nc(-c4cc(-c5ccc6c(c5)c5ccccc5n6-c5ccccc5)c5c(c4)sc4ccccc45)n3)cc2)cc1. The Morgan fingerprint density at radius 1 is 0.306 bits per heavy atom. The van der Waals surface area contributed by atoms with Crippen LogP contribution >= 0.6 is 11.3 Å². The third-order valence-corrected chi connectivity index (χ3v) is 13.0. The maximum absolute atomic E-state index is 5.27. The molecule has 0 fully saturated rings. The fourth-order valence-corrected chi connectivity index (χ4v) is 10.0. The Morgan fingerprint density at radius 2 is 0.774 bits per heavy atom. The van der Waals surface area contributed by atoms with Gasteiger partial charge in [0.1, 0.15) is 0 Å². The second-order valence-corrected chi connectivity index (χ2v) is 16.7. The summed E-state index contributed by atoms with van der Waals surface area (Å²) in [4.78, 5) is 15.7. The van der Waals surface area contributed by atoms with E-state index in [4.69, 9.17) is 15.0 Å². The van der Waals surface area contributed by atoms with Crippen LogP contribution in [0, 0.1) is 0 Å². The second-order valence-electron chi connectivity index (χ2n) is 15.6. The summed E-state index contributed by atoms with van der Waals surface area (Å²) in [6, 6.07) is 77.5. The van der Waals surface area contributed by atoms with Crippen molar-refractivity contribution in [2.75, 3.05) is 0 Å². The average molecular weight is 809 g/mol. The molecule has 3 aromatic heterocycles. The van der Waals surface area contributed by atoms with Crippen LogP contribution in [0.3, 0.4) is 0 Å². The van der Waals surface area contributed by atoms with Crippen LogP contribution in [0.15, 0.2) is 218 Å². The quantitative estimate of drug-likeness (QED) is 0.161. The zero-order valence-electron chi connectivity index (χ0n) is 33.5. The Morgan fingerprint density at radius 3 is 1.40 bits per heavy atom. The zero-order valence-corrected chi connectivity index (χ0v) is 34.3. The highest BCUT2D eigenvalue weighted by molar-refractivity contribution is 7.26. The number of benzene rings is 9. The molecule has 0 aliphatic rings. The predicted molar refractivity (Wildman–Crippen MR) is 260 cm³/mol. The molecule has 9 aromatic carbocycles. The normalized spacial score (nSPS) is 11.5. The Labute approximate surface area is 362 Å². The zero-order chi connectivity index (χ0) is 41.0. The largest absolute Gasteiger partial charge is 0.309 e. The van der Waals surface area contributed by atoms with Crippen molar-refractivity contribution in [1.29, 1.82) is 0 Å². The molecule has 12 aromatic rings. The van der Waals surface area contributed by atoms with Crippen molar-refractivity contribution in [2.45, 2.75) is 0 Å². The molecular weight excluding hydrogens is 773 g/mol. The number of aromatic nitrogens is 4. The molecule has 0 saturated heterocycles. The predicted octanol–water partition coefficient (Wildman–Crippen LogP) is 15.3. The van der Waals surface area contributed by atoms with Crippen molar-refractivity contribution in [3.63, 3.8) is 0 Å². The van der Waals surface area contributed by atoms with Crippen molar-refractivity contribution in [3.05, 3.63) is 218 Å². The van der Waals surface area contributed by atoms with Crippen molar-refractivity contribution in [2.24, 2.45) is 0 Å². The van der Waals surface area contributed by atoms with Gasteiger partial charge in [0, 0.05) is 53.3 Å². The first kappa shape index (κ1) is 35.9. The van der Waals surface area contributed by atoms with Crippen molar-refractivity contribution >= 4 is 53.3 Å². The second kappa shape index (κ2) is 14.9. The van der Waals surface area contributed by atoms with Crippen molar-refractivity contribution in [1.82, 2.24) is 19.5 Å². The molecule has 4 nitrogen and oxygen atoms in total. The van der Waals surface area contributed by atoms with E-state index in [1.54, 1.807) is 0 Å². The van der Waals surface area contributed by atoms with Gasteiger partial charge in [0.05, 0.1) is 11.0 Å². The minimum absolute atomic E-state index is 0.630. The topological polar surface area (TPSA) is 43.6 Å². The summed E-state index contributed by atoms with van der Waals surface area (Å²) < 4.78 is 4.80. The molecule has 0 aliphatic heterocycles. The van der Waals surface area contributed by atoms with Crippen LogP contribution in [0.5, 0.6) is 0 Å². The van der Waals surface area contributed by atoms with E-state index in [2.05, 4.69) is 211 Å². The fourth-order valence-electron chi connectivity index (χ4n) is 8.85. The van der Waals surface area contributed by atoms with Crippen molar-refractivity contribution < 1.29 is 0 Å². The van der Waals surface area contributed by atoms with E-state index in [9.17, 15) is 0 Å². The lowest BCUT2D eigenvalue weighted by Gasteiger charge is -2.12. The lowest BCUT2D eigenvalue weighted by Crippen LogP contribution is -2.00. The van der Waals surface area contributed by atoms with E-state index in [-0.39, 0.29) is 0 Å². The summed E-state index contributed by atoms with van der Waals surface area (Å²) >= 11 is 1.81. The fraction of sp³-hybridized carbons (Fsp3) is 0. The number of para-hydroxylation sites is 2. The third-order valence-electron chi connectivity index (χ3n) is 11.9. The Kier molecular flexibility index (Phi) is 8.65. The van der Waals surface area contributed by atoms with Crippen LogP contribution in [-0.4, -0.2) is 19.5 Å². The summed E-state index contributed by atoms with van der Waals surface area (Å²) in [5.74, 6) is 1.89. The Bertz CT molecular complexity index is 3490. The first-order chi connectivity index (χ1) is 30.7. The summed E-state index contributed by atoms with van der Waals surface area (Å²) in [5.41, 5.74) is 13.2. The molecule has 12 rings (SSSR count). The first-order valence-corrected chi connectivity index (χ1v) is 21.7. The molecule has 0 spiro atoms. The van der Waals surface area contributed by atoms with Crippen molar-refractivity contribution in [3.8, 4) is 73.2 Å². The van der Waals surface area contributed by atoms with E-state index < -0.39 is 0 Å². The van der Waals surface area contributed by atoms with Gasteiger partial charge < -0.3 is 4.57 Å². The molecule has 5 heteroatoms. The van der Waals surface area contributed by atoms with Crippen LogP contribution in [0.4, 0.5) is 0 Å². The standard InChI is InChI=1S/C57H36N4S/c1-4-14-37(15-5-1)39-24-28-41(29-25-39)55-58-56(42-30-26-40(27-31-42)38-16-6-2-7-17-38)60-57(59-55)44-35-48(54-47-21-11-13-23-52(47)62-53(54)36-44)43-32-33-51-49(34-43)46-20-10-12-22-50(46)61(51)45-18-8-3-9-19-45/h1-36H. The molecule has 290 valence electrons. The molecule has 0 aliphatic carbocycles. The number of hydrogen-bond donors (Lipinski definition) is 0. The highest BCUT2D eigenvalue weighted by atomic mass is 32.1. The summed E-state index contributed by atoms with van der Waals surface area (Å²) in [6.45, 7) is 0. The summed E-state index contributed by atoms with van der Waals surface area (Å²) in [5, 5.41) is 4.92. The molecule has 62 heavy (non-hydrogen) atoms. The van der Waals surface area contributed by atoms with E-state index in [1.807, 2.05) is 23.5 Å². The number of thiophene rings is 1. The lowest BCUT2D eigenvalue weighted by molar-refractivity contribution is 1.07. The molecule has 0 unspecified atom stereocenters. The molecule has 3 heterocycles. The smallest absolute Gasteiger partial charge is 0.164 e. The van der Waals surface area contributed by atoms with Gasteiger partial charge >= 0.3 is 0 Å². The summed E-state index contributed by atoms with van der Waals surface area (Å²) in [7, 11) is 0. The van der Waals surface area contributed by atoms with E-state index >= 15 is 0 Å². The number of fused-ring (bicyclic) bond motifs is 6. The van der Waals surface area contributed by atoms with Gasteiger partial charge in [0.2, 0.25) is 0 Å². The molecule has 0 atom stereocenters. The maximum atomic E-state index is 5.27. The van der Waals surface area contributed by atoms with Gasteiger partial charge in [-0.3, -0.25) is 0 Å². The van der Waals surface area contributed by atoms with Gasteiger partial charge in [-0.2, -0.15) is 0 Å². The van der Waals surface area contributed by atoms with E-state index in [0.717, 1.165) is 44.6 Å². The third kappa shape index (κ3) is 6.26. The molecular formula is C57H36N4S. The molecule has 0 bridgehead atoms. The van der Waals surface area contributed by atoms with Crippen LogP contribution in [0.25, 0.3) is 115 Å². The Balaban J connectivity index is 1.06. The van der Waals surface area contributed by atoms with Crippen LogP contribution in [0.2, 0.25) is 0 Å². The minimum atomic E-state index is 0.630. The summed E-state index contributed by atoms with van der Waals surface area (Å²) in [6.07, 6.45) is 0. The molecule has 0 N–H and O–H groups in total. The van der Waals surface area contributed by atoms with Gasteiger partial charge in [-0.25, -0.2) is 15.0 Å². The van der Waals surface area contributed by atoms with Gasteiger partial charge in [0.15, 0.2) is 17.5 Å². The van der Waals surface area contributed by atoms with Gasteiger partial charge in [-0.05, 0) is 81.9 Å². The Hall–Kier alpha value is -7.99. The van der Waals surface area contributed by atoms with Crippen LogP contribution in [-0.2, 0) is 0 Å².